The van der Waals surface area contributed by atoms with Crippen LogP contribution in [0.2, 0.25) is 0 Å². The first kappa shape index (κ1) is 29.9. The molecule has 0 radical (unpaired) electrons. The van der Waals surface area contributed by atoms with Crippen LogP contribution in [0.25, 0.3) is 16.7 Å². The van der Waals surface area contributed by atoms with Gasteiger partial charge in [-0.15, -0.1) is 21.0 Å². The van der Waals surface area contributed by atoms with Gasteiger partial charge in [0.05, 0.1) is 5.56 Å². The highest BCUT2D eigenvalue weighted by Crippen LogP contribution is 2.46. The molecule has 0 saturated heterocycles. The molecule has 5 rings (SSSR count). The van der Waals surface area contributed by atoms with Gasteiger partial charge in [-0.3, -0.25) is 9.63 Å². The molecule has 3 aromatic carbocycles. The van der Waals surface area contributed by atoms with Gasteiger partial charge < -0.3 is 0 Å². The van der Waals surface area contributed by atoms with Crippen molar-refractivity contribution in [3.05, 3.63) is 125 Å². The van der Waals surface area contributed by atoms with E-state index < -0.39 is 17.6 Å². The molecule has 1 N–H and O–H groups in total. The summed E-state index contributed by atoms with van der Waals surface area (Å²) in [6.07, 6.45) is 6.10. The number of carbonyl (C=O) groups excluding carboxylic acids is 1. The summed E-state index contributed by atoms with van der Waals surface area (Å²) in [6, 6.07) is 20.1. The number of hydrogen-bond acceptors (Lipinski definition) is 3. The number of alkyl halides is 3. The molecule has 0 saturated carbocycles. The lowest BCUT2D eigenvalue weighted by atomic mass is 9.93. The molecular formula is C32H31F3NO2PS. The number of fused-ring (bicyclic) bond motifs is 2. The molecule has 0 fully saturated rings. The Morgan fingerprint density at radius 2 is 1.68 bits per heavy atom. The summed E-state index contributed by atoms with van der Waals surface area (Å²) in [5, 5.41) is 0. The van der Waals surface area contributed by atoms with Crippen molar-refractivity contribution < 1.29 is 22.8 Å². The number of benzene rings is 3. The van der Waals surface area contributed by atoms with Crippen LogP contribution in [0, 0.1) is 0 Å². The maximum atomic E-state index is 12.9. The van der Waals surface area contributed by atoms with Crippen LogP contribution in [0.4, 0.5) is 13.2 Å². The molecule has 0 heterocycles. The van der Waals surface area contributed by atoms with Crippen LogP contribution in [0.1, 0.15) is 45.8 Å². The van der Waals surface area contributed by atoms with Gasteiger partial charge in [-0.1, -0.05) is 85.6 Å². The molecule has 1 amide bonds. The monoisotopic (exact) mass is 581 g/mol. The maximum absolute atomic E-state index is 12.9. The van der Waals surface area contributed by atoms with Gasteiger partial charge in [-0.05, 0) is 70.2 Å². The van der Waals surface area contributed by atoms with Crippen molar-refractivity contribution in [2.75, 3.05) is 18.4 Å². The number of carbonyl (C=O) groups is 1. The minimum absolute atomic E-state index is 0.284. The van der Waals surface area contributed by atoms with Crippen LogP contribution in [0.15, 0.2) is 103 Å². The third-order valence-corrected chi connectivity index (χ3v) is 7.59. The molecule has 8 heteroatoms. The Morgan fingerprint density at radius 3 is 2.42 bits per heavy atom. The van der Waals surface area contributed by atoms with Crippen molar-refractivity contribution in [2.24, 2.45) is 0 Å². The normalized spacial score (nSPS) is 15.6. The van der Waals surface area contributed by atoms with Crippen LogP contribution < -0.4 is 5.48 Å². The standard InChI is InChI=1S/C31H26F3NO2S.CH5P/c32-31(33,34)22-16-14-21(15-17-22)23-8-4-7-13-29(23)30(36)35-37-20-38-19-18-28-26-10-3-1-2-9-24(26)25-11-5-6-12-27(25)28;1-2/h1-8,10-17,28H,9,18-20H2,(H,35,36);2H2,1H3. The first-order valence-corrected chi connectivity index (χ1v) is 15.2. The molecule has 40 heavy (non-hydrogen) atoms. The van der Waals surface area contributed by atoms with Gasteiger partial charge in [0.25, 0.3) is 5.91 Å². The van der Waals surface area contributed by atoms with Crippen LogP contribution in [-0.2, 0) is 11.0 Å². The summed E-state index contributed by atoms with van der Waals surface area (Å²) in [7, 11) is 2.42. The first-order chi connectivity index (χ1) is 19.4. The summed E-state index contributed by atoms with van der Waals surface area (Å²) >= 11 is 1.60. The molecular weight excluding hydrogens is 550 g/mol. The van der Waals surface area contributed by atoms with Gasteiger partial charge >= 0.3 is 6.18 Å². The third kappa shape index (κ3) is 6.95. The Balaban J connectivity index is 0.00000181. The lowest BCUT2D eigenvalue weighted by Crippen LogP contribution is -2.24. The largest absolute Gasteiger partial charge is 0.416 e. The molecule has 208 valence electrons. The number of rotatable bonds is 8. The zero-order chi connectivity index (χ0) is 28.5. The van der Waals surface area contributed by atoms with E-state index in [4.69, 9.17) is 4.84 Å². The maximum Gasteiger partial charge on any atom is 0.416 e. The fourth-order valence-electron chi connectivity index (χ4n) is 5.01. The number of amides is 1. The fraction of sp³-hybridized carbons (Fsp3) is 0.219. The minimum atomic E-state index is -4.41. The zero-order valence-corrected chi connectivity index (χ0v) is 24.1. The molecule has 2 aliphatic rings. The van der Waals surface area contributed by atoms with E-state index >= 15 is 0 Å². The Morgan fingerprint density at radius 1 is 0.975 bits per heavy atom. The molecule has 2 atom stereocenters. The quantitative estimate of drug-likeness (QED) is 0.125. The number of hydroxylamine groups is 1. The van der Waals surface area contributed by atoms with E-state index in [2.05, 4.69) is 63.3 Å². The van der Waals surface area contributed by atoms with Gasteiger partial charge in [0.2, 0.25) is 0 Å². The first-order valence-electron chi connectivity index (χ1n) is 12.9. The SMILES string of the molecule is CP.O=C(NOCSCCC1C2=C(CC=CC=C2)c2ccccc21)c1ccccc1-c1ccc(C(F)(F)F)cc1. The molecule has 3 nitrogen and oxygen atoms in total. The van der Waals surface area contributed by atoms with E-state index in [0.717, 1.165) is 30.7 Å². The second kappa shape index (κ2) is 14.0. The van der Waals surface area contributed by atoms with E-state index in [9.17, 15) is 18.0 Å². The molecule has 0 aliphatic heterocycles. The zero-order valence-electron chi connectivity index (χ0n) is 22.1. The van der Waals surface area contributed by atoms with Gasteiger partial charge in [-0.25, -0.2) is 5.48 Å². The van der Waals surface area contributed by atoms with Crippen LogP contribution in [0.5, 0.6) is 0 Å². The highest BCUT2D eigenvalue weighted by molar-refractivity contribution is 7.99. The minimum Gasteiger partial charge on any atom is -0.267 e. The number of halogens is 3. The Labute approximate surface area is 239 Å². The van der Waals surface area contributed by atoms with Crippen molar-refractivity contribution in [1.29, 1.82) is 0 Å². The molecule has 2 unspecified atom stereocenters. The summed E-state index contributed by atoms with van der Waals surface area (Å²) < 4.78 is 38.7. The topological polar surface area (TPSA) is 38.3 Å². The van der Waals surface area contributed by atoms with Crippen LogP contribution in [-0.4, -0.2) is 24.3 Å². The van der Waals surface area contributed by atoms with E-state index in [1.165, 1.54) is 34.4 Å². The van der Waals surface area contributed by atoms with E-state index in [1.54, 1.807) is 36.0 Å². The second-order valence-electron chi connectivity index (χ2n) is 9.08. The van der Waals surface area contributed by atoms with Crippen molar-refractivity contribution in [2.45, 2.75) is 24.9 Å². The predicted molar refractivity (Wildman–Crippen MR) is 162 cm³/mol. The average molecular weight is 582 g/mol. The Kier molecular flexibility index (Phi) is 10.4. The third-order valence-electron chi connectivity index (χ3n) is 6.78. The van der Waals surface area contributed by atoms with Crippen molar-refractivity contribution in [1.82, 2.24) is 5.48 Å². The summed E-state index contributed by atoms with van der Waals surface area (Å²) in [6.45, 7) is 1.92. The van der Waals surface area contributed by atoms with Crippen molar-refractivity contribution >= 4 is 32.5 Å². The van der Waals surface area contributed by atoms with E-state index in [1.807, 2.05) is 6.66 Å². The number of nitrogens with one attached hydrogen (secondary N) is 1. The second-order valence-corrected chi connectivity index (χ2v) is 10.1. The van der Waals surface area contributed by atoms with Gasteiger partial charge in [-0.2, -0.15) is 13.2 Å². The van der Waals surface area contributed by atoms with Gasteiger partial charge in [0.1, 0.15) is 5.94 Å². The smallest absolute Gasteiger partial charge is 0.267 e. The molecule has 0 bridgehead atoms. The molecule has 0 aromatic heterocycles. The Bertz CT molecular complexity index is 1410. The lowest BCUT2D eigenvalue weighted by molar-refractivity contribution is -0.137. The predicted octanol–water partition coefficient (Wildman–Crippen LogP) is 8.67. The fourth-order valence-corrected chi connectivity index (χ4v) is 5.67. The molecule has 3 aromatic rings. The number of thioether (sulfide) groups is 1. The molecule has 0 spiro atoms. The van der Waals surface area contributed by atoms with E-state index in [0.29, 0.717) is 22.6 Å². The molecule has 2 aliphatic carbocycles. The summed E-state index contributed by atoms with van der Waals surface area (Å²) in [4.78, 5) is 18.2. The lowest BCUT2D eigenvalue weighted by Gasteiger charge is -2.15. The number of allylic oxidation sites excluding steroid dienone is 6. The van der Waals surface area contributed by atoms with Crippen LogP contribution >= 0.6 is 21.0 Å². The number of hydrogen-bond donors (Lipinski definition) is 1. The highest BCUT2D eigenvalue weighted by Gasteiger charge is 2.30. The Hall–Kier alpha value is -3.12. The van der Waals surface area contributed by atoms with E-state index in [-0.39, 0.29) is 5.94 Å². The van der Waals surface area contributed by atoms with Crippen LogP contribution in [0.3, 0.4) is 0 Å². The highest BCUT2D eigenvalue weighted by atomic mass is 32.2. The van der Waals surface area contributed by atoms with Crippen molar-refractivity contribution in [3.63, 3.8) is 0 Å². The van der Waals surface area contributed by atoms with Gasteiger partial charge in [0.15, 0.2) is 0 Å². The van der Waals surface area contributed by atoms with Gasteiger partial charge in [0, 0.05) is 11.5 Å². The summed E-state index contributed by atoms with van der Waals surface area (Å²) in [5.41, 5.74) is 8.60. The average Bonchev–Trinajstić information content (AvgIpc) is 3.10. The summed E-state index contributed by atoms with van der Waals surface area (Å²) in [5.74, 6) is 1.03. The van der Waals surface area contributed by atoms with Crippen molar-refractivity contribution in [3.8, 4) is 11.1 Å².